The Morgan fingerprint density at radius 2 is 1.78 bits per heavy atom. The molecule has 2 aromatic carbocycles. The first-order valence-electron chi connectivity index (χ1n) is 11.9. The van der Waals surface area contributed by atoms with Crippen LogP contribution in [0, 0.1) is 25.5 Å². The molecule has 1 aliphatic rings. The Morgan fingerprint density at radius 1 is 1.06 bits per heavy atom. The summed E-state index contributed by atoms with van der Waals surface area (Å²) in [5.74, 6) is -0.269. The molecule has 186 valence electrons. The van der Waals surface area contributed by atoms with Crippen LogP contribution in [0.5, 0.6) is 5.75 Å². The summed E-state index contributed by atoms with van der Waals surface area (Å²) in [5, 5.41) is 4.29. The minimum absolute atomic E-state index is 0.182. The predicted molar refractivity (Wildman–Crippen MR) is 139 cm³/mol. The monoisotopic (exact) mass is 507 g/mol. The number of thiazole rings is 1. The van der Waals surface area contributed by atoms with Gasteiger partial charge in [0.05, 0.1) is 28.4 Å². The van der Waals surface area contributed by atoms with Gasteiger partial charge in [-0.1, -0.05) is 0 Å². The number of hydrogen-bond donors (Lipinski definition) is 1. The van der Waals surface area contributed by atoms with E-state index in [0.29, 0.717) is 21.7 Å². The maximum atomic E-state index is 14.9. The highest BCUT2D eigenvalue weighted by molar-refractivity contribution is 7.15. The van der Waals surface area contributed by atoms with E-state index >= 15 is 0 Å². The van der Waals surface area contributed by atoms with E-state index in [1.807, 2.05) is 26.0 Å². The Balaban J connectivity index is 1.69. The van der Waals surface area contributed by atoms with E-state index in [9.17, 15) is 13.6 Å². The molecule has 0 bridgehead atoms. The molecule has 0 spiro atoms. The van der Waals surface area contributed by atoms with E-state index in [2.05, 4.69) is 5.32 Å². The van der Waals surface area contributed by atoms with Gasteiger partial charge in [-0.3, -0.25) is 9.36 Å². The summed E-state index contributed by atoms with van der Waals surface area (Å²) >= 11 is 1.45. The highest BCUT2D eigenvalue weighted by Gasteiger charge is 2.25. The number of piperidine rings is 1. The molecule has 8 heteroatoms. The normalized spacial score (nSPS) is 14.2. The lowest BCUT2D eigenvalue weighted by molar-refractivity contribution is 0.414. The van der Waals surface area contributed by atoms with Crippen LogP contribution in [0.1, 0.15) is 34.9 Å². The number of rotatable bonds is 5. The highest BCUT2D eigenvalue weighted by Crippen LogP contribution is 2.42. The quantitative estimate of drug-likeness (QED) is 0.360. The second kappa shape index (κ2) is 9.95. The van der Waals surface area contributed by atoms with Gasteiger partial charge in [0.1, 0.15) is 17.4 Å². The maximum Gasteiger partial charge on any atom is 0.255 e. The summed E-state index contributed by atoms with van der Waals surface area (Å²) in [6.07, 6.45) is 3.65. The van der Waals surface area contributed by atoms with Gasteiger partial charge >= 0.3 is 0 Å². The SMILES string of the molecule is COc1cc(C)c(-n2cc(-c3nc(C4CCNCC4)sc3-c3ccc(F)cc3F)ccc2=O)c(C)c1. The average molecular weight is 508 g/mol. The van der Waals surface area contributed by atoms with Crippen LogP contribution >= 0.6 is 11.3 Å². The first-order valence-corrected chi connectivity index (χ1v) is 12.7. The number of pyridine rings is 1. The molecule has 5 rings (SSSR count). The molecule has 0 atom stereocenters. The van der Waals surface area contributed by atoms with Crippen molar-refractivity contribution in [2.45, 2.75) is 32.6 Å². The lowest BCUT2D eigenvalue weighted by Crippen LogP contribution is -2.26. The molecule has 0 unspecified atom stereocenters. The highest BCUT2D eigenvalue weighted by atomic mass is 32.1. The zero-order chi connectivity index (χ0) is 25.4. The Kier molecular flexibility index (Phi) is 6.73. The van der Waals surface area contributed by atoms with Gasteiger partial charge in [0.2, 0.25) is 0 Å². The van der Waals surface area contributed by atoms with Gasteiger partial charge in [-0.2, -0.15) is 0 Å². The average Bonchev–Trinajstić information content (AvgIpc) is 3.30. The van der Waals surface area contributed by atoms with E-state index < -0.39 is 11.6 Å². The van der Waals surface area contributed by atoms with Crippen molar-refractivity contribution in [2.75, 3.05) is 20.2 Å². The maximum absolute atomic E-state index is 14.9. The number of ether oxygens (including phenoxy) is 1. The first kappa shape index (κ1) is 24.3. The van der Waals surface area contributed by atoms with E-state index in [4.69, 9.17) is 9.72 Å². The zero-order valence-electron chi connectivity index (χ0n) is 20.4. The second-order valence-electron chi connectivity index (χ2n) is 9.11. The van der Waals surface area contributed by atoms with Crippen molar-refractivity contribution in [3.63, 3.8) is 0 Å². The van der Waals surface area contributed by atoms with Crippen LogP contribution < -0.4 is 15.6 Å². The Labute approximate surface area is 212 Å². The van der Waals surface area contributed by atoms with E-state index in [1.165, 1.54) is 29.5 Å². The van der Waals surface area contributed by atoms with Crippen LogP contribution in [-0.2, 0) is 0 Å². The van der Waals surface area contributed by atoms with Crippen LogP contribution in [0.2, 0.25) is 0 Å². The molecule has 0 amide bonds. The molecule has 0 radical (unpaired) electrons. The van der Waals surface area contributed by atoms with Crippen LogP contribution in [0.25, 0.3) is 27.4 Å². The lowest BCUT2D eigenvalue weighted by Gasteiger charge is -2.20. The largest absolute Gasteiger partial charge is 0.497 e. The van der Waals surface area contributed by atoms with Gasteiger partial charge in [-0.15, -0.1) is 11.3 Å². The van der Waals surface area contributed by atoms with E-state index in [-0.39, 0.29) is 11.5 Å². The molecular formula is C28H27F2N3O2S. The number of aromatic nitrogens is 2. The number of nitrogens with one attached hydrogen (secondary N) is 1. The summed E-state index contributed by atoms with van der Waals surface area (Å²) in [7, 11) is 1.61. The van der Waals surface area contributed by atoms with Crippen molar-refractivity contribution in [1.82, 2.24) is 14.9 Å². The van der Waals surface area contributed by atoms with E-state index in [0.717, 1.165) is 59.6 Å². The first-order chi connectivity index (χ1) is 17.4. The third-order valence-electron chi connectivity index (χ3n) is 6.63. The molecule has 1 N–H and O–H groups in total. The van der Waals surface area contributed by atoms with Gasteiger partial charge in [0, 0.05) is 35.4 Å². The van der Waals surface area contributed by atoms with Crippen molar-refractivity contribution in [3.05, 3.63) is 86.8 Å². The van der Waals surface area contributed by atoms with Crippen molar-refractivity contribution in [2.24, 2.45) is 0 Å². The van der Waals surface area contributed by atoms with Crippen molar-refractivity contribution in [1.29, 1.82) is 0 Å². The summed E-state index contributed by atoms with van der Waals surface area (Å²) in [6.45, 7) is 5.67. The van der Waals surface area contributed by atoms with Gasteiger partial charge in [0.15, 0.2) is 0 Å². The molecule has 36 heavy (non-hydrogen) atoms. The minimum Gasteiger partial charge on any atom is -0.497 e. The molecule has 1 fully saturated rings. The standard InChI is InChI=1S/C28H27F2N3O2S/c1-16-12-21(35-3)13-17(2)26(16)33-15-19(4-7-24(33)34)25-27(22-6-5-20(29)14-23(22)30)36-28(32-25)18-8-10-31-11-9-18/h4-7,12-15,18,31H,8-11H2,1-3H3. The van der Waals surface area contributed by atoms with Crippen LogP contribution in [0.15, 0.2) is 53.5 Å². The zero-order valence-corrected chi connectivity index (χ0v) is 21.2. The molecule has 5 nitrogen and oxygen atoms in total. The number of methoxy groups -OCH3 is 1. The Morgan fingerprint density at radius 3 is 2.44 bits per heavy atom. The molecular weight excluding hydrogens is 480 g/mol. The third-order valence-corrected chi connectivity index (χ3v) is 7.88. The molecule has 2 aromatic heterocycles. The summed E-state index contributed by atoms with van der Waals surface area (Å²) < 4.78 is 35.6. The van der Waals surface area contributed by atoms with Crippen molar-refractivity contribution < 1.29 is 13.5 Å². The van der Waals surface area contributed by atoms with Gasteiger partial charge < -0.3 is 10.1 Å². The van der Waals surface area contributed by atoms with Crippen LogP contribution in [0.3, 0.4) is 0 Å². The van der Waals surface area contributed by atoms with E-state index in [1.54, 1.807) is 23.9 Å². The van der Waals surface area contributed by atoms with Gasteiger partial charge in [0.25, 0.3) is 5.56 Å². The second-order valence-corrected chi connectivity index (χ2v) is 10.1. The molecule has 1 aliphatic heterocycles. The fraction of sp³-hybridized carbons (Fsp3) is 0.286. The minimum atomic E-state index is -0.632. The molecule has 0 aliphatic carbocycles. The number of halogens is 2. The fourth-order valence-electron chi connectivity index (χ4n) is 4.85. The third kappa shape index (κ3) is 4.58. The molecule has 0 saturated carbocycles. The summed E-state index contributed by atoms with van der Waals surface area (Å²) in [4.78, 5) is 18.6. The topological polar surface area (TPSA) is 56.1 Å². The van der Waals surface area contributed by atoms with Crippen LogP contribution in [0.4, 0.5) is 8.78 Å². The lowest BCUT2D eigenvalue weighted by atomic mass is 9.99. The summed E-state index contributed by atoms with van der Waals surface area (Å²) in [5.41, 5.74) is 3.97. The fourth-order valence-corrected chi connectivity index (χ4v) is 6.13. The summed E-state index contributed by atoms with van der Waals surface area (Å²) in [6, 6.07) is 10.6. The van der Waals surface area contributed by atoms with Gasteiger partial charge in [-0.25, -0.2) is 13.8 Å². The van der Waals surface area contributed by atoms with Crippen molar-refractivity contribution >= 4 is 11.3 Å². The number of benzene rings is 2. The van der Waals surface area contributed by atoms with Crippen molar-refractivity contribution in [3.8, 4) is 33.1 Å². The number of hydrogen-bond acceptors (Lipinski definition) is 5. The predicted octanol–water partition coefficient (Wildman–Crippen LogP) is 6.00. The number of aryl methyl sites for hydroxylation is 2. The smallest absolute Gasteiger partial charge is 0.255 e. The molecule has 3 heterocycles. The van der Waals surface area contributed by atoms with Crippen LogP contribution in [-0.4, -0.2) is 29.8 Å². The Bertz CT molecular complexity index is 1470. The Hall–Kier alpha value is -3.36. The number of nitrogens with zero attached hydrogens (tertiary/aromatic N) is 2. The molecule has 4 aromatic rings. The molecule has 1 saturated heterocycles. The van der Waals surface area contributed by atoms with Gasteiger partial charge in [-0.05, 0) is 81.2 Å².